The molecule has 0 unspecified atom stereocenters. The van der Waals surface area contributed by atoms with Crippen molar-refractivity contribution in [1.29, 1.82) is 10.5 Å². The summed E-state index contributed by atoms with van der Waals surface area (Å²) in [6.07, 6.45) is 0. The van der Waals surface area contributed by atoms with Gasteiger partial charge in [0.1, 0.15) is 0 Å². The van der Waals surface area contributed by atoms with E-state index in [9.17, 15) is 4.79 Å². The molecule has 0 aliphatic heterocycles. The minimum absolute atomic E-state index is 0.246. The summed E-state index contributed by atoms with van der Waals surface area (Å²) in [6, 6.07) is 7.76. The van der Waals surface area contributed by atoms with Crippen molar-refractivity contribution in [2.45, 2.75) is 0 Å². The number of hydrogen-bond acceptors (Lipinski definition) is 5. The van der Waals surface area contributed by atoms with E-state index in [1.807, 2.05) is 0 Å². The van der Waals surface area contributed by atoms with Crippen LogP contribution in [0.15, 0.2) is 18.2 Å². The van der Waals surface area contributed by atoms with Gasteiger partial charge in [0.2, 0.25) is 0 Å². The fourth-order valence-corrected chi connectivity index (χ4v) is 1.30. The van der Waals surface area contributed by atoms with Crippen molar-refractivity contribution in [2.75, 3.05) is 14.2 Å². The van der Waals surface area contributed by atoms with Crippen LogP contribution in [0.4, 0.5) is 0 Å². The second kappa shape index (κ2) is 5.53. The Balaban J connectivity index is 3.14. The maximum atomic E-state index is 11.7. The molecule has 1 rings (SSSR count). The fourth-order valence-electron chi connectivity index (χ4n) is 1.30. The van der Waals surface area contributed by atoms with Gasteiger partial charge < -0.3 is 9.47 Å². The predicted molar refractivity (Wildman–Crippen MR) is 58.6 cm³/mol. The van der Waals surface area contributed by atoms with Crippen molar-refractivity contribution in [3.05, 3.63) is 23.8 Å². The number of Topliss-reactive ketones (excluding diaryl/α,β-unsaturated/α-hetero) is 1. The molecule has 0 aliphatic rings. The molecule has 0 aliphatic carbocycles. The molecule has 5 nitrogen and oxygen atoms in total. The summed E-state index contributed by atoms with van der Waals surface area (Å²) in [5, 5.41) is 17.3. The number of nitriles is 2. The number of carbonyl (C=O) groups excluding carboxylic acids is 1. The highest BCUT2D eigenvalue weighted by molar-refractivity contribution is 6.01. The van der Waals surface area contributed by atoms with Gasteiger partial charge in [-0.1, -0.05) is 0 Å². The van der Waals surface area contributed by atoms with E-state index in [0.29, 0.717) is 11.5 Å². The molecule has 0 radical (unpaired) electrons. The maximum absolute atomic E-state index is 11.7. The third kappa shape index (κ3) is 2.53. The Morgan fingerprint density at radius 3 is 2.24 bits per heavy atom. The van der Waals surface area contributed by atoms with Crippen LogP contribution in [0.5, 0.6) is 11.5 Å². The molecule has 0 heterocycles. The van der Waals surface area contributed by atoms with E-state index in [1.54, 1.807) is 18.2 Å². The Bertz CT molecular complexity index is 497. The highest BCUT2D eigenvalue weighted by Crippen LogP contribution is 2.28. The first-order chi connectivity index (χ1) is 8.17. The number of methoxy groups -OCH3 is 2. The van der Waals surface area contributed by atoms with Crippen LogP contribution < -0.4 is 9.47 Å². The van der Waals surface area contributed by atoms with E-state index in [4.69, 9.17) is 20.0 Å². The van der Waals surface area contributed by atoms with E-state index in [-0.39, 0.29) is 5.56 Å². The molecular weight excluding hydrogens is 220 g/mol. The third-order valence-corrected chi connectivity index (χ3v) is 2.19. The van der Waals surface area contributed by atoms with E-state index in [0.717, 1.165) is 0 Å². The zero-order valence-electron chi connectivity index (χ0n) is 9.43. The maximum Gasteiger partial charge on any atom is 0.195 e. The van der Waals surface area contributed by atoms with Gasteiger partial charge in [-0.25, -0.2) is 0 Å². The summed E-state index contributed by atoms with van der Waals surface area (Å²) in [5.41, 5.74) is 0.246. The number of rotatable bonds is 4. The smallest absolute Gasteiger partial charge is 0.195 e. The number of carbonyl (C=O) groups is 1. The summed E-state index contributed by atoms with van der Waals surface area (Å²) in [7, 11) is 2.92. The molecule has 1 aromatic rings. The van der Waals surface area contributed by atoms with E-state index in [2.05, 4.69) is 0 Å². The van der Waals surface area contributed by atoms with Crippen LogP contribution in [0.25, 0.3) is 0 Å². The first-order valence-electron chi connectivity index (χ1n) is 4.73. The molecule has 1 aromatic carbocycles. The molecule has 0 fully saturated rings. The minimum Gasteiger partial charge on any atom is -0.493 e. The van der Waals surface area contributed by atoms with Crippen molar-refractivity contribution in [1.82, 2.24) is 0 Å². The average Bonchev–Trinajstić information content (AvgIpc) is 2.39. The molecule has 0 aromatic heterocycles. The number of benzene rings is 1. The van der Waals surface area contributed by atoms with Gasteiger partial charge in [0.25, 0.3) is 0 Å². The van der Waals surface area contributed by atoms with Crippen LogP contribution in [0.1, 0.15) is 10.4 Å². The van der Waals surface area contributed by atoms with Crippen molar-refractivity contribution in [3.8, 4) is 23.6 Å². The van der Waals surface area contributed by atoms with Crippen LogP contribution >= 0.6 is 0 Å². The van der Waals surface area contributed by atoms with Crippen molar-refractivity contribution >= 4 is 5.78 Å². The molecule has 5 heteroatoms. The second-order valence-electron chi connectivity index (χ2n) is 3.13. The van der Waals surface area contributed by atoms with Gasteiger partial charge in [-0.2, -0.15) is 10.5 Å². The quantitative estimate of drug-likeness (QED) is 0.733. The minimum atomic E-state index is -1.30. The summed E-state index contributed by atoms with van der Waals surface area (Å²) in [6.45, 7) is 0. The van der Waals surface area contributed by atoms with Gasteiger partial charge in [-0.15, -0.1) is 0 Å². The Morgan fingerprint density at radius 1 is 1.18 bits per heavy atom. The van der Waals surface area contributed by atoms with E-state index >= 15 is 0 Å². The van der Waals surface area contributed by atoms with Crippen molar-refractivity contribution in [2.24, 2.45) is 5.92 Å². The Morgan fingerprint density at radius 2 is 1.76 bits per heavy atom. The molecular formula is C12H10N2O3. The van der Waals surface area contributed by atoms with Gasteiger partial charge in [-0.05, 0) is 18.2 Å². The molecule has 17 heavy (non-hydrogen) atoms. The van der Waals surface area contributed by atoms with Crippen molar-refractivity contribution in [3.63, 3.8) is 0 Å². The van der Waals surface area contributed by atoms with Crippen molar-refractivity contribution < 1.29 is 14.3 Å². The first kappa shape index (κ1) is 12.5. The SMILES string of the molecule is COc1ccc(C(=O)C(C#N)C#N)cc1OC. The lowest BCUT2D eigenvalue weighted by Crippen LogP contribution is -2.11. The Labute approximate surface area is 98.8 Å². The largest absolute Gasteiger partial charge is 0.493 e. The zero-order chi connectivity index (χ0) is 12.8. The zero-order valence-corrected chi connectivity index (χ0v) is 9.43. The fraction of sp³-hybridized carbons (Fsp3) is 0.250. The number of hydrogen-bond donors (Lipinski definition) is 0. The molecule has 86 valence electrons. The van der Waals surface area contributed by atoms with E-state index < -0.39 is 11.7 Å². The average molecular weight is 230 g/mol. The normalized spacial score (nSPS) is 9.24. The van der Waals surface area contributed by atoms with Gasteiger partial charge >= 0.3 is 0 Å². The topological polar surface area (TPSA) is 83.1 Å². The van der Waals surface area contributed by atoms with Gasteiger partial charge in [0, 0.05) is 5.56 Å². The molecule has 0 saturated heterocycles. The predicted octanol–water partition coefficient (Wildman–Crippen LogP) is 1.55. The monoisotopic (exact) mass is 230 g/mol. The van der Waals surface area contributed by atoms with Crippen LogP contribution in [0, 0.1) is 28.6 Å². The van der Waals surface area contributed by atoms with Crippen LogP contribution in [0.2, 0.25) is 0 Å². The molecule has 0 atom stereocenters. The highest BCUT2D eigenvalue weighted by Gasteiger charge is 2.20. The standard InChI is InChI=1S/C12H10N2O3/c1-16-10-4-3-8(5-11(10)17-2)12(15)9(6-13)7-14/h3-5,9H,1-2H3. The highest BCUT2D eigenvalue weighted by atomic mass is 16.5. The summed E-state index contributed by atoms with van der Waals surface area (Å²) in [4.78, 5) is 11.7. The Hall–Kier alpha value is -2.53. The number of nitrogens with zero attached hydrogens (tertiary/aromatic N) is 2. The second-order valence-corrected chi connectivity index (χ2v) is 3.13. The lowest BCUT2D eigenvalue weighted by molar-refractivity contribution is 0.0970. The van der Waals surface area contributed by atoms with Gasteiger partial charge in [0.15, 0.2) is 23.2 Å². The van der Waals surface area contributed by atoms with Crippen LogP contribution in [-0.4, -0.2) is 20.0 Å². The van der Waals surface area contributed by atoms with Crippen LogP contribution in [0.3, 0.4) is 0 Å². The first-order valence-corrected chi connectivity index (χ1v) is 4.73. The number of ether oxygens (including phenoxy) is 2. The summed E-state index contributed by atoms with van der Waals surface area (Å²) >= 11 is 0. The molecule has 0 N–H and O–H groups in total. The van der Waals surface area contributed by atoms with Crippen LogP contribution in [-0.2, 0) is 0 Å². The molecule has 0 spiro atoms. The Kier molecular flexibility index (Phi) is 4.08. The van der Waals surface area contributed by atoms with Gasteiger partial charge in [0.05, 0.1) is 26.4 Å². The van der Waals surface area contributed by atoms with E-state index in [1.165, 1.54) is 26.4 Å². The number of ketones is 1. The molecule has 0 saturated carbocycles. The lowest BCUT2D eigenvalue weighted by Gasteiger charge is -2.08. The molecule has 0 amide bonds. The lowest BCUT2D eigenvalue weighted by atomic mass is 10.00. The third-order valence-electron chi connectivity index (χ3n) is 2.19. The summed E-state index contributed by atoms with van der Waals surface area (Å²) in [5.74, 6) is -0.980. The van der Waals surface area contributed by atoms with Gasteiger partial charge in [-0.3, -0.25) is 4.79 Å². The summed E-state index contributed by atoms with van der Waals surface area (Å²) < 4.78 is 10.0. The molecule has 0 bridgehead atoms.